The highest BCUT2D eigenvalue weighted by atomic mass is 16.4. The molecule has 0 atom stereocenters. The first-order valence-electron chi connectivity index (χ1n) is 7.66. The zero-order chi connectivity index (χ0) is 17.6. The van der Waals surface area contributed by atoms with E-state index in [-0.39, 0.29) is 17.2 Å². The van der Waals surface area contributed by atoms with Crippen molar-refractivity contribution in [1.82, 2.24) is 19.1 Å². The van der Waals surface area contributed by atoms with Gasteiger partial charge >= 0.3 is 11.7 Å². The van der Waals surface area contributed by atoms with Crippen molar-refractivity contribution in [2.45, 2.75) is 39.5 Å². The summed E-state index contributed by atoms with van der Waals surface area (Å²) in [4.78, 5) is 39.9. The number of hydrogen-bond acceptors (Lipinski definition) is 4. The number of fused-ring (bicyclic) bond motifs is 1. The maximum Gasteiger partial charge on any atom is 0.332 e. The molecule has 0 aliphatic rings. The number of aromatic nitrogens is 4. The second-order valence-corrected chi connectivity index (χ2v) is 5.42. The van der Waals surface area contributed by atoms with Gasteiger partial charge in [0.2, 0.25) is 0 Å². The summed E-state index contributed by atoms with van der Waals surface area (Å²) < 4.78 is 2.37. The molecule has 2 heterocycles. The van der Waals surface area contributed by atoms with Gasteiger partial charge in [0.25, 0.3) is 5.56 Å². The number of rotatable bonds is 5. The van der Waals surface area contributed by atoms with Gasteiger partial charge in [-0.15, -0.1) is 0 Å². The van der Waals surface area contributed by atoms with E-state index in [1.54, 1.807) is 7.05 Å². The van der Waals surface area contributed by atoms with Crippen molar-refractivity contribution in [2.24, 2.45) is 20.0 Å². The summed E-state index contributed by atoms with van der Waals surface area (Å²) in [5.74, 6) is -0.737. The Morgan fingerprint density at radius 3 is 2.26 bits per heavy atom. The summed E-state index contributed by atoms with van der Waals surface area (Å²) in [7, 11) is 3.01. The van der Waals surface area contributed by atoms with Crippen LogP contribution in [0.1, 0.15) is 39.5 Å². The number of nitrogens with one attached hydrogen (secondary N) is 1. The Kier molecular flexibility index (Phi) is 6.74. The standard InChI is InChI=1S/C8H16O2.C7H8N4O2/c1-3-5-7(6-4-2)8(9)10;1-10-5-4(8-3-9-5)6(12)11(2)7(10)13/h7H,3-6H2,1-2H3,(H,9,10);3H,1-2H3,(H,8,9). The van der Waals surface area contributed by atoms with E-state index < -0.39 is 5.97 Å². The van der Waals surface area contributed by atoms with Crippen LogP contribution in [-0.2, 0) is 18.9 Å². The number of imidazole rings is 1. The number of carbonyl (C=O) groups is 1. The molecule has 2 aromatic heterocycles. The molecule has 0 bridgehead atoms. The highest BCUT2D eigenvalue weighted by Gasteiger charge is 2.13. The van der Waals surface area contributed by atoms with Gasteiger partial charge in [0.05, 0.1) is 12.2 Å². The fourth-order valence-corrected chi connectivity index (χ4v) is 2.36. The molecule has 23 heavy (non-hydrogen) atoms. The molecule has 0 spiro atoms. The van der Waals surface area contributed by atoms with Gasteiger partial charge in [0.15, 0.2) is 5.65 Å². The van der Waals surface area contributed by atoms with Crippen molar-refractivity contribution in [1.29, 1.82) is 0 Å². The van der Waals surface area contributed by atoms with Crippen LogP contribution >= 0.6 is 0 Å². The van der Waals surface area contributed by atoms with Crippen LogP contribution in [-0.4, -0.2) is 30.2 Å². The predicted octanol–water partition coefficient (Wildman–Crippen LogP) is 1.25. The predicted molar refractivity (Wildman–Crippen MR) is 87.5 cm³/mol. The fourth-order valence-electron chi connectivity index (χ4n) is 2.36. The van der Waals surface area contributed by atoms with Gasteiger partial charge < -0.3 is 10.1 Å². The first-order valence-corrected chi connectivity index (χ1v) is 7.66. The van der Waals surface area contributed by atoms with Gasteiger partial charge in [-0.2, -0.15) is 0 Å². The van der Waals surface area contributed by atoms with Crippen molar-refractivity contribution in [3.05, 3.63) is 27.2 Å². The number of aryl methyl sites for hydroxylation is 1. The van der Waals surface area contributed by atoms with Crippen LogP contribution in [0.2, 0.25) is 0 Å². The normalized spacial score (nSPS) is 10.7. The summed E-state index contributed by atoms with van der Waals surface area (Å²) in [6.07, 6.45) is 4.98. The minimum absolute atomic E-state index is 0.102. The molecule has 0 aliphatic heterocycles. The number of hydrogen-bond donors (Lipinski definition) is 2. The Bertz CT molecular complexity index is 766. The number of carboxylic acid groups (broad SMARTS) is 1. The molecule has 0 aliphatic carbocycles. The van der Waals surface area contributed by atoms with E-state index in [1.165, 1.54) is 17.9 Å². The van der Waals surface area contributed by atoms with Gasteiger partial charge in [-0.05, 0) is 12.8 Å². The third-order valence-electron chi connectivity index (χ3n) is 3.65. The van der Waals surface area contributed by atoms with Gasteiger partial charge in [0, 0.05) is 14.1 Å². The smallest absolute Gasteiger partial charge is 0.332 e. The Hall–Kier alpha value is -2.38. The Labute approximate surface area is 133 Å². The zero-order valence-corrected chi connectivity index (χ0v) is 14.0. The molecule has 2 aromatic rings. The molecule has 0 amide bonds. The van der Waals surface area contributed by atoms with Crippen LogP contribution in [0.25, 0.3) is 11.2 Å². The van der Waals surface area contributed by atoms with Crippen molar-refractivity contribution in [3.63, 3.8) is 0 Å². The van der Waals surface area contributed by atoms with Crippen LogP contribution in [0.15, 0.2) is 15.9 Å². The zero-order valence-electron chi connectivity index (χ0n) is 14.0. The largest absolute Gasteiger partial charge is 0.481 e. The van der Waals surface area contributed by atoms with E-state index >= 15 is 0 Å². The summed E-state index contributed by atoms with van der Waals surface area (Å²) in [6, 6.07) is 0. The fraction of sp³-hybridized carbons (Fsp3) is 0.600. The summed E-state index contributed by atoms with van der Waals surface area (Å²) in [5, 5.41) is 8.64. The topological polar surface area (TPSA) is 110 Å². The average Bonchev–Trinajstić information content (AvgIpc) is 3.01. The lowest BCUT2D eigenvalue weighted by molar-refractivity contribution is -0.142. The van der Waals surface area contributed by atoms with Crippen LogP contribution in [0.3, 0.4) is 0 Å². The molecule has 0 unspecified atom stereocenters. The number of aromatic amines is 1. The minimum atomic E-state index is -0.635. The first-order chi connectivity index (χ1) is 10.8. The molecule has 0 radical (unpaired) electrons. The van der Waals surface area contributed by atoms with E-state index in [1.807, 2.05) is 13.8 Å². The van der Waals surface area contributed by atoms with Gasteiger partial charge in [0.1, 0.15) is 5.52 Å². The maximum atomic E-state index is 11.4. The monoisotopic (exact) mass is 324 g/mol. The molecule has 0 saturated heterocycles. The molecular formula is C15H24N4O4. The molecule has 0 saturated carbocycles. The van der Waals surface area contributed by atoms with Crippen LogP contribution in [0.4, 0.5) is 0 Å². The third-order valence-corrected chi connectivity index (χ3v) is 3.65. The van der Waals surface area contributed by atoms with Crippen LogP contribution in [0.5, 0.6) is 0 Å². The Morgan fingerprint density at radius 1 is 1.22 bits per heavy atom. The van der Waals surface area contributed by atoms with E-state index in [2.05, 4.69) is 9.97 Å². The number of H-pyrrole nitrogens is 1. The Balaban J connectivity index is 0.000000241. The number of aliphatic carboxylic acids is 1. The number of carboxylic acids is 1. The molecule has 0 fully saturated rings. The van der Waals surface area contributed by atoms with Crippen molar-refractivity contribution in [3.8, 4) is 0 Å². The average molecular weight is 324 g/mol. The van der Waals surface area contributed by atoms with Gasteiger partial charge in [-0.25, -0.2) is 9.78 Å². The minimum Gasteiger partial charge on any atom is -0.481 e. The molecule has 2 rings (SSSR count). The second-order valence-electron chi connectivity index (χ2n) is 5.42. The molecule has 128 valence electrons. The first kappa shape index (κ1) is 18.7. The molecule has 8 nitrogen and oxygen atoms in total. The second kappa shape index (κ2) is 8.30. The van der Waals surface area contributed by atoms with Gasteiger partial charge in [-0.1, -0.05) is 26.7 Å². The lowest BCUT2D eigenvalue weighted by Gasteiger charge is -2.07. The van der Waals surface area contributed by atoms with Crippen LogP contribution < -0.4 is 11.2 Å². The maximum absolute atomic E-state index is 11.4. The summed E-state index contributed by atoms with van der Waals surface area (Å²) in [6.45, 7) is 4.04. The Morgan fingerprint density at radius 2 is 1.78 bits per heavy atom. The molecular weight excluding hydrogens is 300 g/mol. The lowest BCUT2D eigenvalue weighted by atomic mass is 9.99. The van der Waals surface area contributed by atoms with Crippen molar-refractivity contribution < 1.29 is 9.90 Å². The van der Waals surface area contributed by atoms with Crippen molar-refractivity contribution in [2.75, 3.05) is 0 Å². The van der Waals surface area contributed by atoms with E-state index in [4.69, 9.17) is 5.11 Å². The number of nitrogens with zero attached hydrogens (tertiary/aromatic N) is 3. The van der Waals surface area contributed by atoms with Crippen LogP contribution in [0, 0.1) is 5.92 Å². The summed E-state index contributed by atoms with van der Waals surface area (Å²) in [5.41, 5.74) is 0.0119. The molecule has 0 aromatic carbocycles. The van der Waals surface area contributed by atoms with E-state index in [0.717, 1.165) is 30.3 Å². The highest BCUT2D eigenvalue weighted by molar-refractivity contribution is 5.69. The summed E-state index contributed by atoms with van der Waals surface area (Å²) >= 11 is 0. The quantitative estimate of drug-likeness (QED) is 0.860. The van der Waals surface area contributed by atoms with E-state index in [9.17, 15) is 14.4 Å². The van der Waals surface area contributed by atoms with Crippen molar-refractivity contribution >= 4 is 17.1 Å². The van der Waals surface area contributed by atoms with E-state index in [0.29, 0.717) is 11.2 Å². The van der Waals surface area contributed by atoms with Gasteiger partial charge in [-0.3, -0.25) is 18.7 Å². The molecule has 2 N–H and O–H groups in total. The third kappa shape index (κ3) is 4.30. The SMILES string of the molecule is CCCC(CCC)C(=O)O.Cn1c(=O)c2[nH]cnc2n(C)c1=O. The lowest BCUT2D eigenvalue weighted by Crippen LogP contribution is -2.36. The molecule has 8 heteroatoms. The highest BCUT2D eigenvalue weighted by Crippen LogP contribution is 2.12.